The normalized spacial score (nSPS) is 12.6. The van der Waals surface area contributed by atoms with Gasteiger partial charge < -0.3 is 19.9 Å². The number of hydrogen-bond acceptors (Lipinski definition) is 3. The van der Waals surface area contributed by atoms with Gasteiger partial charge in [0.2, 0.25) is 0 Å². The van der Waals surface area contributed by atoms with E-state index in [0.717, 1.165) is 50.8 Å². The first-order valence-corrected chi connectivity index (χ1v) is 10.0. The van der Waals surface area contributed by atoms with Crippen molar-refractivity contribution in [2.24, 2.45) is 4.99 Å². The predicted octanol–water partition coefficient (Wildman–Crippen LogP) is 3.39. The second-order valence-electron chi connectivity index (χ2n) is 7.20. The van der Waals surface area contributed by atoms with Gasteiger partial charge in [-0.25, -0.2) is 4.98 Å². The summed E-state index contributed by atoms with van der Waals surface area (Å²) in [5.74, 6) is 1.85. The van der Waals surface area contributed by atoms with Crippen LogP contribution in [0.2, 0.25) is 0 Å². The summed E-state index contributed by atoms with van der Waals surface area (Å²) in [6.07, 6.45) is 7.58. The van der Waals surface area contributed by atoms with Crippen molar-refractivity contribution in [2.45, 2.75) is 25.9 Å². The molecule has 0 radical (unpaired) electrons. The Kier molecular flexibility index (Phi) is 8.12. The molecule has 0 unspecified atom stereocenters. The van der Waals surface area contributed by atoms with Crippen LogP contribution in [0.15, 0.2) is 66.2 Å². The lowest BCUT2D eigenvalue weighted by Crippen LogP contribution is -2.37. The molecule has 0 atom stereocenters. The molecule has 6 nitrogen and oxygen atoms in total. The maximum atomic E-state index is 5.58. The molecule has 2 heterocycles. The molecule has 0 fully saturated rings. The van der Waals surface area contributed by atoms with Crippen LogP contribution in [0.5, 0.6) is 5.75 Å². The number of ether oxygens (including phenoxy) is 1. The Bertz CT molecular complexity index is 971. The highest BCUT2D eigenvalue weighted by atomic mass is 127. The number of imidazole rings is 1. The summed E-state index contributed by atoms with van der Waals surface area (Å²) in [5, 5.41) is 6.80. The maximum absolute atomic E-state index is 5.58. The van der Waals surface area contributed by atoms with Crippen LogP contribution >= 0.6 is 24.0 Å². The Morgan fingerprint density at radius 1 is 1.13 bits per heavy atom. The summed E-state index contributed by atoms with van der Waals surface area (Å²) >= 11 is 0. The number of benzene rings is 2. The van der Waals surface area contributed by atoms with Gasteiger partial charge in [0, 0.05) is 45.5 Å². The van der Waals surface area contributed by atoms with Crippen LogP contribution in [-0.2, 0) is 25.9 Å². The molecule has 0 amide bonds. The topological polar surface area (TPSA) is 63.5 Å². The van der Waals surface area contributed by atoms with Gasteiger partial charge in [-0.1, -0.05) is 36.4 Å². The van der Waals surface area contributed by atoms with Crippen LogP contribution < -0.4 is 15.4 Å². The molecule has 1 aliphatic heterocycles. The molecule has 2 aromatic carbocycles. The summed E-state index contributed by atoms with van der Waals surface area (Å²) in [6, 6.07) is 15.1. The van der Waals surface area contributed by atoms with Crippen LogP contribution in [0.4, 0.5) is 0 Å². The zero-order valence-electron chi connectivity index (χ0n) is 17.2. The number of nitrogens with one attached hydrogen (secondary N) is 2. The summed E-state index contributed by atoms with van der Waals surface area (Å²) in [6.45, 7) is 3.19. The van der Waals surface area contributed by atoms with Crippen molar-refractivity contribution in [3.63, 3.8) is 0 Å². The lowest BCUT2D eigenvalue weighted by molar-refractivity contribution is 0.357. The van der Waals surface area contributed by atoms with Gasteiger partial charge in [0.1, 0.15) is 5.75 Å². The fourth-order valence-corrected chi connectivity index (χ4v) is 3.56. The van der Waals surface area contributed by atoms with E-state index in [1.54, 1.807) is 13.2 Å². The number of halogens is 1. The van der Waals surface area contributed by atoms with Crippen molar-refractivity contribution in [3.8, 4) is 5.75 Å². The van der Waals surface area contributed by atoms with E-state index < -0.39 is 0 Å². The molecule has 4 rings (SSSR count). The minimum absolute atomic E-state index is 0. The number of hydrogen-bond donors (Lipinski definition) is 2. The Labute approximate surface area is 194 Å². The highest BCUT2D eigenvalue weighted by Gasteiger charge is 2.11. The molecule has 158 valence electrons. The monoisotopic (exact) mass is 517 g/mol. The number of fused-ring (bicyclic) bond motifs is 1. The Morgan fingerprint density at radius 3 is 2.87 bits per heavy atom. The molecule has 1 aliphatic rings. The van der Waals surface area contributed by atoms with Gasteiger partial charge in [-0.2, -0.15) is 0 Å². The highest BCUT2D eigenvalue weighted by Crippen LogP contribution is 2.25. The number of nitrogens with zero attached hydrogens (tertiary/aromatic N) is 3. The van der Waals surface area contributed by atoms with Gasteiger partial charge in [0.25, 0.3) is 0 Å². The molecule has 2 N–H and O–H groups in total. The van der Waals surface area contributed by atoms with E-state index in [0.29, 0.717) is 0 Å². The largest absolute Gasteiger partial charge is 0.493 e. The molecule has 0 bridgehead atoms. The summed E-state index contributed by atoms with van der Waals surface area (Å²) in [7, 11) is 1.80. The highest BCUT2D eigenvalue weighted by molar-refractivity contribution is 14.0. The number of rotatable bonds is 7. The third kappa shape index (κ3) is 5.98. The molecule has 0 saturated carbocycles. The van der Waals surface area contributed by atoms with E-state index in [9.17, 15) is 0 Å². The van der Waals surface area contributed by atoms with Crippen molar-refractivity contribution in [2.75, 3.05) is 20.2 Å². The molecule has 1 aromatic heterocycles. The first-order chi connectivity index (χ1) is 14.3. The lowest BCUT2D eigenvalue weighted by Gasteiger charge is -2.13. The van der Waals surface area contributed by atoms with Gasteiger partial charge in [0.05, 0.1) is 12.9 Å². The molecule has 0 spiro atoms. The van der Waals surface area contributed by atoms with Crippen molar-refractivity contribution in [1.29, 1.82) is 0 Å². The molecule has 30 heavy (non-hydrogen) atoms. The minimum atomic E-state index is 0. The van der Waals surface area contributed by atoms with Gasteiger partial charge in [-0.15, -0.1) is 24.0 Å². The van der Waals surface area contributed by atoms with Gasteiger partial charge >= 0.3 is 0 Å². The zero-order chi connectivity index (χ0) is 19.9. The zero-order valence-corrected chi connectivity index (χ0v) is 19.5. The summed E-state index contributed by atoms with van der Waals surface area (Å²) < 4.78 is 7.64. The van der Waals surface area contributed by atoms with Crippen molar-refractivity contribution in [3.05, 3.63) is 83.4 Å². The third-order valence-corrected chi connectivity index (χ3v) is 5.06. The number of aromatic nitrogens is 2. The van der Waals surface area contributed by atoms with Crippen LogP contribution in [-0.4, -0.2) is 35.7 Å². The van der Waals surface area contributed by atoms with Crippen LogP contribution in [0, 0.1) is 0 Å². The van der Waals surface area contributed by atoms with Crippen molar-refractivity contribution >= 4 is 29.9 Å². The number of guanidine groups is 1. The van der Waals surface area contributed by atoms with Crippen molar-refractivity contribution in [1.82, 2.24) is 20.2 Å². The Morgan fingerprint density at radius 2 is 2.03 bits per heavy atom. The molecule has 3 aromatic rings. The first kappa shape index (κ1) is 22.1. The number of aliphatic imine (C=N–C) groups is 1. The second-order valence-corrected chi connectivity index (χ2v) is 7.20. The van der Waals surface area contributed by atoms with E-state index in [2.05, 4.69) is 67.6 Å². The van der Waals surface area contributed by atoms with Gasteiger partial charge in [-0.3, -0.25) is 4.99 Å². The summed E-state index contributed by atoms with van der Waals surface area (Å²) in [5.41, 5.74) is 5.13. The summed E-state index contributed by atoms with van der Waals surface area (Å²) in [4.78, 5) is 8.44. The van der Waals surface area contributed by atoms with E-state index in [1.165, 1.54) is 22.3 Å². The minimum Gasteiger partial charge on any atom is -0.493 e. The smallest absolute Gasteiger partial charge is 0.191 e. The maximum Gasteiger partial charge on any atom is 0.191 e. The van der Waals surface area contributed by atoms with Gasteiger partial charge in [-0.05, 0) is 34.7 Å². The Hall–Kier alpha value is -2.55. The van der Waals surface area contributed by atoms with Crippen LogP contribution in [0.25, 0.3) is 0 Å². The molecule has 0 saturated heterocycles. The Balaban J connectivity index is 0.00000256. The van der Waals surface area contributed by atoms with E-state index in [-0.39, 0.29) is 24.0 Å². The van der Waals surface area contributed by atoms with E-state index in [4.69, 9.17) is 4.74 Å². The van der Waals surface area contributed by atoms with Gasteiger partial charge in [0.15, 0.2) is 5.96 Å². The fourth-order valence-electron chi connectivity index (χ4n) is 3.56. The molecular weight excluding hydrogens is 489 g/mol. The lowest BCUT2D eigenvalue weighted by atomic mass is 10.1. The van der Waals surface area contributed by atoms with Crippen LogP contribution in [0.1, 0.15) is 22.3 Å². The fraction of sp³-hybridized carbons (Fsp3) is 0.304. The van der Waals surface area contributed by atoms with Crippen LogP contribution in [0.3, 0.4) is 0 Å². The average molecular weight is 517 g/mol. The standard InChI is InChI=1S/C23H27N5O.HI/c1-24-23(26-9-7-18-5-6-22-21(14-18)8-12-29-22)27-15-19-3-2-4-20(13-19)16-28-11-10-25-17-28;/h2-6,10-11,13-14,17H,7-9,12,15-16H2,1H3,(H2,24,26,27);1H. The SMILES string of the molecule is CN=C(NCCc1ccc2c(c1)CCO2)NCc1cccc(Cn2ccnc2)c1.I. The van der Waals surface area contributed by atoms with E-state index >= 15 is 0 Å². The first-order valence-electron chi connectivity index (χ1n) is 10.0. The quantitative estimate of drug-likeness (QED) is 0.287. The molecule has 0 aliphatic carbocycles. The van der Waals surface area contributed by atoms with Crippen molar-refractivity contribution < 1.29 is 4.74 Å². The third-order valence-electron chi connectivity index (χ3n) is 5.06. The predicted molar refractivity (Wildman–Crippen MR) is 131 cm³/mol. The average Bonchev–Trinajstić information content (AvgIpc) is 3.42. The molecular formula is C23H28IN5O. The molecule has 7 heteroatoms. The second kappa shape index (κ2) is 11.0. The van der Waals surface area contributed by atoms with E-state index in [1.807, 2.05) is 12.5 Å².